The van der Waals surface area contributed by atoms with Crippen LogP contribution in [0.2, 0.25) is 5.02 Å². The molecule has 3 aromatic rings. The first-order valence-electron chi connectivity index (χ1n) is 8.66. The van der Waals surface area contributed by atoms with Crippen LogP contribution >= 0.6 is 11.6 Å². The van der Waals surface area contributed by atoms with E-state index in [2.05, 4.69) is 20.6 Å². The van der Waals surface area contributed by atoms with Crippen LogP contribution in [0, 0.1) is 0 Å². The van der Waals surface area contributed by atoms with Crippen LogP contribution in [-0.2, 0) is 6.54 Å². The Bertz CT molecular complexity index is 946. The summed E-state index contributed by atoms with van der Waals surface area (Å²) in [5, 5.41) is 7.09. The van der Waals surface area contributed by atoms with E-state index in [1.54, 1.807) is 35.4 Å². The van der Waals surface area contributed by atoms with Crippen LogP contribution in [0.1, 0.15) is 16.1 Å². The molecule has 0 aliphatic carbocycles. The van der Waals surface area contributed by atoms with Gasteiger partial charge in [0.15, 0.2) is 0 Å². The van der Waals surface area contributed by atoms with Crippen LogP contribution in [0.4, 0.5) is 17.3 Å². The highest BCUT2D eigenvalue weighted by Crippen LogP contribution is 2.22. The number of carbonyl (C=O) groups excluding carboxylic acids is 1. The van der Waals surface area contributed by atoms with Gasteiger partial charge in [0, 0.05) is 29.4 Å². The second-order valence-corrected chi connectivity index (χ2v) is 6.64. The number of rotatable bonds is 3. The first-order chi connectivity index (χ1) is 13.2. The van der Waals surface area contributed by atoms with Crippen molar-refractivity contribution in [3.05, 3.63) is 77.1 Å². The minimum absolute atomic E-state index is 0.0440. The molecule has 0 fully saturated rings. The summed E-state index contributed by atoms with van der Waals surface area (Å²) in [7, 11) is 0. The van der Waals surface area contributed by atoms with Gasteiger partial charge in [-0.1, -0.05) is 29.8 Å². The fraction of sp³-hybridized carbons (Fsp3) is 0.150. The summed E-state index contributed by atoms with van der Waals surface area (Å²) in [6.45, 7) is 1.64. The highest BCUT2D eigenvalue weighted by molar-refractivity contribution is 6.30. The van der Waals surface area contributed by atoms with E-state index in [1.807, 2.05) is 30.3 Å². The van der Waals surface area contributed by atoms with Crippen molar-refractivity contribution in [2.24, 2.45) is 0 Å². The largest absolute Gasteiger partial charge is 0.380 e. The maximum absolute atomic E-state index is 12.8. The molecular weight excluding hydrogens is 362 g/mol. The topological polar surface area (TPSA) is 70.2 Å². The Morgan fingerprint density at radius 2 is 1.89 bits per heavy atom. The van der Waals surface area contributed by atoms with Crippen LogP contribution in [0.3, 0.4) is 0 Å². The van der Waals surface area contributed by atoms with Gasteiger partial charge in [0.1, 0.15) is 0 Å². The number of para-hydroxylation sites is 1. The Hall–Kier alpha value is -3.12. The summed E-state index contributed by atoms with van der Waals surface area (Å²) >= 11 is 5.92. The highest BCUT2D eigenvalue weighted by atomic mass is 35.5. The lowest BCUT2D eigenvalue weighted by atomic mass is 10.2. The predicted molar refractivity (Wildman–Crippen MR) is 106 cm³/mol. The first-order valence-corrected chi connectivity index (χ1v) is 9.03. The average Bonchev–Trinajstić information content (AvgIpc) is 2.91. The maximum Gasteiger partial charge on any atom is 0.254 e. The van der Waals surface area contributed by atoms with E-state index in [9.17, 15) is 4.79 Å². The Kier molecular flexibility index (Phi) is 4.89. The molecule has 7 heteroatoms. The standard InChI is InChI=1S/C20H18ClN5O/c21-15-8-6-14(7-9-15)19(27)26-11-10-22-17-12-23-20(25-18(17)13-26)24-16-4-2-1-3-5-16/h1-9,12,22H,10-11,13H2,(H,23,24,25). The minimum Gasteiger partial charge on any atom is -0.380 e. The number of nitrogens with one attached hydrogen (secondary N) is 2. The van der Waals surface area contributed by atoms with Crippen LogP contribution in [-0.4, -0.2) is 33.9 Å². The van der Waals surface area contributed by atoms with Crippen molar-refractivity contribution >= 4 is 34.8 Å². The van der Waals surface area contributed by atoms with E-state index in [0.29, 0.717) is 36.2 Å². The van der Waals surface area contributed by atoms with Gasteiger partial charge in [-0.2, -0.15) is 0 Å². The molecule has 136 valence electrons. The van der Waals surface area contributed by atoms with E-state index in [1.165, 1.54) is 0 Å². The van der Waals surface area contributed by atoms with Crippen molar-refractivity contribution in [3.8, 4) is 0 Å². The molecule has 2 heterocycles. The molecule has 0 unspecified atom stereocenters. The molecule has 0 saturated heterocycles. The van der Waals surface area contributed by atoms with Gasteiger partial charge in [-0.15, -0.1) is 0 Å². The molecule has 1 aliphatic heterocycles. The van der Waals surface area contributed by atoms with Crippen LogP contribution < -0.4 is 10.6 Å². The number of hydrogen-bond acceptors (Lipinski definition) is 5. The predicted octanol–water partition coefficient (Wildman–Crippen LogP) is 3.94. The number of nitrogens with zero attached hydrogens (tertiary/aromatic N) is 3. The summed E-state index contributed by atoms with van der Waals surface area (Å²) in [5.74, 6) is 0.458. The zero-order valence-electron chi connectivity index (χ0n) is 14.5. The summed E-state index contributed by atoms with van der Waals surface area (Å²) < 4.78 is 0. The van der Waals surface area contributed by atoms with Crippen molar-refractivity contribution in [1.29, 1.82) is 0 Å². The zero-order chi connectivity index (χ0) is 18.6. The number of benzene rings is 2. The van der Waals surface area contributed by atoms with Crippen molar-refractivity contribution in [2.75, 3.05) is 23.7 Å². The van der Waals surface area contributed by atoms with E-state index >= 15 is 0 Å². The van der Waals surface area contributed by atoms with E-state index in [-0.39, 0.29) is 5.91 Å². The van der Waals surface area contributed by atoms with Gasteiger partial charge in [-0.25, -0.2) is 9.97 Å². The molecule has 1 amide bonds. The summed E-state index contributed by atoms with van der Waals surface area (Å²) in [6.07, 6.45) is 1.75. The molecule has 0 bridgehead atoms. The average molecular weight is 380 g/mol. The Morgan fingerprint density at radius 1 is 1.11 bits per heavy atom. The zero-order valence-corrected chi connectivity index (χ0v) is 15.3. The quantitative estimate of drug-likeness (QED) is 0.721. The lowest BCUT2D eigenvalue weighted by Gasteiger charge is -2.20. The fourth-order valence-corrected chi connectivity index (χ4v) is 3.06. The monoisotopic (exact) mass is 379 g/mol. The number of anilines is 3. The summed E-state index contributed by atoms with van der Waals surface area (Å²) in [6, 6.07) is 16.7. The molecule has 1 aliphatic rings. The molecule has 0 spiro atoms. The molecule has 0 radical (unpaired) electrons. The third-order valence-electron chi connectivity index (χ3n) is 4.31. The molecule has 0 atom stereocenters. The van der Waals surface area contributed by atoms with E-state index in [0.717, 1.165) is 17.1 Å². The Balaban J connectivity index is 1.56. The maximum atomic E-state index is 12.8. The van der Waals surface area contributed by atoms with Gasteiger partial charge in [0.2, 0.25) is 5.95 Å². The number of halogens is 1. The van der Waals surface area contributed by atoms with Gasteiger partial charge in [0.05, 0.1) is 24.1 Å². The van der Waals surface area contributed by atoms with Gasteiger partial charge in [-0.3, -0.25) is 4.79 Å². The third-order valence-corrected chi connectivity index (χ3v) is 4.57. The molecule has 27 heavy (non-hydrogen) atoms. The van der Waals surface area contributed by atoms with Gasteiger partial charge in [-0.05, 0) is 36.4 Å². The fourth-order valence-electron chi connectivity index (χ4n) is 2.93. The molecule has 0 saturated carbocycles. The van der Waals surface area contributed by atoms with Gasteiger partial charge >= 0.3 is 0 Å². The van der Waals surface area contributed by atoms with Crippen LogP contribution in [0.25, 0.3) is 0 Å². The summed E-state index contributed by atoms with van der Waals surface area (Å²) in [5.41, 5.74) is 3.15. The second kappa shape index (κ2) is 7.63. The van der Waals surface area contributed by atoms with E-state index in [4.69, 9.17) is 11.6 Å². The molecule has 2 aromatic carbocycles. The van der Waals surface area contributed by atoms with Crippen LogP contribution in [0.15, 0.2) is 60.8 Å². The number of hydrogen-bond donors (Lipinski definition) is 2. The molecule has 2 N–H and O–H groups in total. The SMILES string of the molecule is O=C(c1ccc(Cl)cc1)N1CCNc2cnc(Nc3ccccc3)nc2C1. The third kappa shape index (κ3) is 4.01. The van der Waals surface area contributed by atoms with Crippen molar-refractivity contribution < 1.29 is 4.79 Å². The molecule has 4 rings (SSSR count). The van der Waals surface area contributed by atoms with Gasteiger partial charge in [0.25, 0.3) is 5.91 Å². The minimum atomic E-state index is -0.0440. The lowest BCUT2D eigenvalue weighted by molar-refractivity contribution is 0.0751. The Morgan fingerprint density at radius 3 is 2.67 bits per heavy atom. The second-order valence-electron chi connectivity index (χ2n) is 6.21. The molecule has 6 nitrogen and oxygen atoms in total. The first kappa shape index (κ1) is 17.3. The smallest absolute Gasteiger partial charge is 0.254 e. The van der Waals surface area contributed by atoms with Crippen molar-refractivity contribution in [1.82, 2.24) is 14.9 Å². The number of carbonyl (C=O) groups is 1. The van der Waals surface area contributed by atoms with Crippen molar-refractivity contribution in [2.45, 2.75) is 6.54 Å². The van der Waals surface area contributed by atoms with E-state index < -0.39 is 0 Å². The summed E-state index contributed by atoms with van der Waals surface area (Å²) in [4.78, 5) is 23.6. The lowest BCUT2D eigenvalue weighted by Crippen LogP contribution is -2.32. The Labute approximate surface area is 162 Å². The van der Waals surface area contributed by atoms with Gasteiger partial charge < -0.3 is 15.5 Å². The number of fused-ring (bicyclic) bond motifs is 1. The highest BCUT2D eigenvalue weighted by Gasteiger charge is 2.21. The normalized spacial score (nSPS) is 13.3. The molecule has 1 aromatic heterocycles. The van der Waals surface area contributed by atoms with Crippen molar-refractivity contribution in [3.63, 3.8) is 0 Å². The van der Waals surface area contributed by atoms with Crippen LogP contribution in [0.5, 0.6) is 0 Å². The number of aromatic nitrogens is 2. The molecular formula is C20H18ClN5O. The number of amides is 1.